The zero-order valence-corrected chi connectivity index (χ0v) is 17.3. The second-order valence-electron chi connectivity index (χ2n) is 7.93. The molecule has 0 spiro atoms. The molecule has 0 saturated carbocycles. The van der Waals surface area contributed by atoms with Crippen LogP contribution in [0, 0.1) is 24.5 Å². The third-order valence-electron chi connectivity index (χ3n) is 5.60. The molecule has 3 aromatic carbocycles. The van der Waals surface area contributed by atoms with Gasteiger partial charge in [-0.15, -0.1) is 0 Å². The van der Waals surface area contributed by atoms with E-state index in [1.165, 1.54) is 0 Å². The lowest BCUT2D eigenvalue weighted by Gasteiger charge is -2.29. The largest absolute Gasteiger partial charge is 0.348 e. The molecule has 0 radical (unpaired) electrons. The van der Waals surface area contributed by atoms with Gasteiger partial charge >= 0.3 is 0 Å². The molecule has 0 bridgehead atoms. The normalized spacial score (nSPS) is 19.1. The molecule has 156 valence electrons. The number of hydrogen-bond acceptors (Lipinski definition) is 2. The van der Waals surface area contributed by atoms with Crippen molar-refractivity contribution < 1.29 is 18.3 Å². The molecule has 0 atom stereocenters. The van der Waals surface area contributed by atoms with E-state index in [1.54, 1.807) is 36.4 Å². The minimum absolute atomic E-state index is 0.239. The summed E-state index contributed by atoms with van der Waals surface area (Å²) in [5, 5.41) is 0. The fraction of sp³-hybridized carbons (Fsp3) is 0.308. The topological polar surface area (TPSA) is 18.5 Å². The van der Waals surface area contributed by atoms with Gasteiger partial charge < -0.3 is 9.47 Å². The van der Waals surface area contributed by atoms with Crippen LogP contribution in [0.5, 0.6) is 0 Å². The van der Waals surface area contributed by atoms with Crippen LogP contribution in [0.25, 0.3) is 22.3 Å². The molecule has 1 aliphatic rings. The molecule has 0 aliphatic carbocycles. The van der Waals surface area contributed by atoms with Crippen molar-refractivity contribution in [2.45, 2.75) is 33.0 Å². The molecule has 1 fully saturated rings. The Morgan fingerprint density at radius 3 is 1.77 bits per heavy atom. The second-order valence-corrected chi connectivity index (χ2v) is 7.93. The Morgan fingerprint density at radius 2 is 1.27 bits per heavy atom. The number of ether oxygens (including phenoxy) is 2. The molecule has 1 aliphatic heterocycles. The van der Waals surface area contributed by atoms with Crippen LogP contribution in [0.15, 0.2) is 60.7 Å². The summed E-state index contributed by atoms with van der Waals surface area (Å²) in [5.41, 5.74) is 3.73. The average molecular weight is 408 g/mol. The van der Waals surface area contributed by atoms with Crippen molar-refractivity contribution in [1.29, 1.82) is 0 Å². The fourth-order valence-electron chi connectivity index (χ4n) is 3.86. The standard InChI is InChI=1S/C26H26F2O2/c1-3-4-18-15-29-26(30-16-18)21-11-9-20(10-12-21)23-14-13-22(24(27)25(23)28)19-7-5-17(2)6-8-19/h5-14,18,26H,3-4,15-16H2,1-2H3. The summed E-state index contributed by atoms with van der Waals surface area (Å²) in [6.07, 6.45) is 1.80. The van der Waals surface area contributed by atoms with Crippen molar-refractivity contribution in [1.82, 2.24) is 0 Å². The molecular weight excluding hydrogens is 382 g/mol. The molecule has 30 heavy (non-hydrogen) atoms. The molecule has 0 aromatic heterocycles. The fourth-order valence-corrected chi connectivity index (χ4v) is 3.86. The van der Waals surface area contributed by atoms with E-state index < -0.39 is 17.9 Å². The van der Waals surface area contributed by atoms with Crippen molar-refractivity contribution in [2.24, 2.45) is 5.92 Å². The monoisotopic (exact) mass is 408 g/mol. The van der Waals surface area contributed by atoms with Crippen LogP contribution in [0.3, 0.4) is 0 Å². The van der Waals surface area contributed by atoms with Crippen molar-refractivity contribution in [3.63, 3.8) is 0 Å². The van der Waals surface area contributed by atoms with E-state index in [1.807, 2.05) is 31.2 Å². The van der Waals surface area contributed by atoms with Crippen molar-refractivity contribution in [2.75, 3.05) is 13.2 Å². The van der Waals surface area contributed by atoms with Crippen molar-refractivity contribution in [3.8, 4) is 22.3 Å². The number of hydrogen-bond donors (Lipinski definition) is 0. The summed E-state index contributed by atoms with van der Waals surface area (Å²) in [6, 6.07) is 17.9. The van der Waals surface area contributed by atoms with Crippen LogP contribution in [-0.4, -0.2) is 13.2 Å². The molecule has 4 rings (SSSR count). The van der Waals surface area contributed by atoms with Gasteiger partial charge in [-0.3, -0.25) is 0 Å². The number of aryl methyl sites for hydroxylation is 1. The zero-order valence-electron chi connectivity index (χ0n) is 17.3. The van der Waals surface area contributed by atoms with E-state index in [9.17, 15) is 8.78 Å². The third kappa shape index (κ3) is 4.30. The van der Waals surface area contributed by atoms with E-state index in [0.717, 1.165) is 24.0 Å². The Hall–Kier alpha value is -2.56. The summed E-state index contributed by atoms with van der Waals surface area (Å²) in [4.78, 5) is 0. The lowest BCUT2D eigenvalue weighted by Crippen LogP contribution is -2.26. The van der Waals surface area contributed by atoms with E-state index in [-0.39, 0.29) is 11.1 Å². The van der Waals surface area contributed by atoms with Crippen LogP contribution < -0.4 is 0 Å². The highest BCUT2D eigenvalue weighted by molar-refractivity contribution is 5.72. The smallest absolute Gasteiger partial charge is 0.183 e. The Labute approximate surface area is 176 Å². The highest BCUT2D eigenvalue weighted by Gasteiger charge is 2.23. The van der Waals surface area contributed by atoms with Gasteiger partial charge in [0, 0.05) is 22.6 Å². The molecule has 2 nitrogen and oxygen atoms in total. The first-order chi connectivity index (χ1) is 14.6. The molecule has 0 unspecified atom stereocenters. The van der Waals surface area contributed by atoms with Gasteiger partial charge in [-0.25, -0.2) is 8.78 Å². The van der Waals surface area contributed by atoms with E-state index in [4.69, 9.17) is 9.47 Å². The van der Waals surface area contributed by atoms with Crippen molar-refractivity contribution >= 4 is 0 Å². The molecule has 1 heterocycles. The molecule has 0 N–H and O–H groups in total. The minimum Gasteiger partial charge on any atom is -0.348 e. The van der Waals surface area contributed by atoms with Crippen LogP contribution in [0.1, 0.15) is 37.2 Å². The van der Waals surface area contributed by atoms with E-state index >= 15 is 0 Å². The van der Waals surface area contributed by atoms with Gasteiger partial charge in [-0.1, -0.05) is 79.6 Å². The number of rotatable bonds is 5. The van der Waals surface area contributed by atoms with Crippen LogP contribution in [0.4, 0.5) is 8.78 Å². The van der Waals surface area contributed by atoms with E-state index in [2.05, 4.69) is 6.92 Å². The van der Waals surface area contributed by atoms with Crippen LogP contribution >= 0.6 is 0 Å². The molecule has 0 amide bonds. The molecular formula is C26H26F2O2. The lowest BCUT2D eigenvalue weighted by molar-refractivity contribution is -0.206. The van der Waals surface area contributed by atoms with Gasteiger partial charge in [0.25, 0.3) is 0 Å². The maximum absolute atomic E-state index is 14.9. The average Bonchev–Trinajstić information content (AvgIpc) is 2.77. The first-order valence-electron chi connectivity index (χ1n) is 10.5. The Bertz CT molecular complexity index is 989. The van der Waals surface area contributed by atoms with Gasteiger partial charge in [0.1, 0.15) is 0 Å². The zero-order chi connectivity index (χ0) is 21.1. The SMILES string of the molecule is CCCC1COC(c2ccc(-c3ccc(-c4ccc(C)cc4)c(F)c3F)cc2)OC1. The van der Waals surface area contributed by atoms with Gasteiger partial charge in [0.2, 0.25) is 0 Å². The molecule has 3 aromatic rings. The van der Waals surface area contributed by atoms with Crippen molar-refractivity contribution in [3.05, 3.63) is 83.4 Å². The molecule has 4 heteroatoms. The van der Waals surface area contributed by atoms with Gasteiger partial charge in [0.05, 0.1) is 13.2 Å². The number of benzene rings is 3. The summed E-state index contributed by atoms with van der Waals surface area (Å²) >= 11 is 0. The molecule has 1 saturated heterocycles. The van der Waals surface area contributed by atoms with Crippen LogP contribution in [-0.2, 0) is 9.47 Å². The summed E-state index contributed by atoms with van der Waals surface area (Å²) in [7, 11) is 0. The Balaban J connectivity index is 1.53. The number of halogens is 2. The lowest BCUT2D eigenvalue weighted by atomic mass is 9.97. The maximum Gasteiger partial charge on any atom is 0.183 e. The quantitative estimate of drug-likeness (QED) is 0.449. The Kier molecular flexibility index (Phi) is 6.26. The van der Waals surface area contributed by atoms with Gasteiger partial charge in [-0.2, -0.15) is 0 Å². The predicted octanol–water partition coefficient (Wildman–Crippen LogP) is 7.07. The minimum atomic E-state index is -0.839. The van der Waals surface area contributed by atoms with Crippen LogP contribution in [0.2, 0.25) is 0 Å². The Morgan fingerprint density at radius 1 is 0.767 bits per heavy atom. The summed E-state index contributed by atoms with van der Waals surface area (Å²) < 4.78 is 41.3. The first kappa shape index (κ1) is 20.7. The second kappa shape index (κ2) is 9.07. The maximum atomic E-state index is 14.9. The summed E-state index contributed by atoms with van der Waals surface area (Å²) in [5.74, 6) is -1.23. The highest BCUT2D eigenvalue weighted by Crippen LogP contribution is 2.33. The predicted molar refractivity (Wildman–Crippen MR) is 115 cm³/mol. The highest BCUT2D eigenvalue weighted by atomic mass is 19.2. The van der Waals surface area contributed by atoms with E-state index in [0.29, 0.717) is 30.3 Å². The first-order valence-corrected chi connectivity index (χ1v) is 10.5. The third-order valence-corrected chi connectivity index (χ3v) is 5.60. The van der Waals surface area contributed by atoms with Gasteiger partial charge in [-0.05, 0) is 24.5 Å². The van der Waals surface area contributed by atoms with Gasteiger partial charge in [0.15, 0.2) is 17.9 Å². The summed E-state index contributed by atoms with van der Waals surface area (Å²) in [6.45, 7) is 5.47.